The summed E-state index contributed by atoms with van der Waals surface area (Å²) < 4.78 is 38.7. The van der Waals surface area contributed by atoms with Gasteiger partial charge in [0, 0.05) is 30.5 Å². The number of aromatic nitrogens is 1. The molecule has 1 aliphatic rings. The van der Waals surface area contributed by atoms with Crippen LogP contribution >= 0.6 is 0 Å². The summed E-state index contributed by atoms with van der Waals surface area (Å²) in [5.74, 6) is 0.707. The summed E-state index contributed by atoms with van der Waals surface area (Å²) in [6.07, 6.45) is 2.63. The van der Waals surface area contributed by atoms with E-state index in [2.05, 4.69) is 4.98 Å². The molecule has 1 aromatic heterocycles. The number of amides is 1. The van der Waals surface area contributed by atoms with Gasteiger partial charge in [0.1, 0.15) is 5.75 Å². The highest BCUT2D eigenvalue weighted by molar-refractivity contribution is 7.85. The number of carbonyl (C=O) groups is 1. The average molecular weight is 515 g/mol. The third-order valence-electron chi connectivity index (χ3n) is 6.13. The van der Waals surface area contributed by atoms with Crippen molar-refractivity contribution in [1.82, 2.24) is 9.88 Å². The van der Waals surface area contributed by atoms with Crippen LogP contribution in [-0.4, -0.2) is 68.2 Å². The Morgan fingerprint density at radius 3 is 2.69 bits per heavy atom. The normalized spacial score (nSPS) is 18.3. The lowest BCUT2D eigenvalue weighted by Gasteiger charge is -2.37. The number of nitrogens with zero attached hydrogens (tertiary/aromatic N) is 2. The first kappa shape index (κ1) is 25.9. The first-order chi connectivity index (χ1) is 17.3. The average Bonchev–Trinajstić information content (AvgIpc) is 2.86. The number of fused-ring (bicyclic) bond motifs is 1. The Morgan fingerprint density at radius 2 is 1.94 bits per heavy atom. The molecule has 0 unspecified atom stereocenters. The molecule has 1 saturated heterocycles. The molecule has 2 aromatic carbocycles. The van der Waals surface area contributed by atoms with E-state index < -0.39 is 16.2 Å². The molecule has 4 rings (SSSR count). The van der Waals surface area contributed by atoms with Crippen molar-refractivity contribution in [1.29, 1.82) is 0 Å². The van der Waals surface area contributed by atoms with E-state index in [-0.39, 0.29) is 18.6 Å². The van der Waals surface area contributed by atoms with Gasteiger partial charge in [-0.25, -0.2) is 4.79 Å². The quantitative estimate of drug-likeness (QED) is 0.319. The van der Waals surface area contributed by atoms with E-state index in [4.69, 9.17) is 13.7 Å². The molecule has 192 valence electrons. The van der Waals surface area contributed by atoms with Crippen molar-refractivity contribution in [2.45, 2.75) is 31.5 Å². The Kier molecular flexibility index (Phi) is 8.40. The monoisotopic (exact) mass is 514 g/mol. The number of piperidine rings is 1. The molecular formula is C26H30N2O7S. The molecule has 2 heterocycles. The third-order valence-corrected chi connectivity index (χ3v) is 6.72. The predicted molar refractivity (Wildman–Crippen MR) is 135 cm³/mol. The van der Waals surface area contributed by atoms with Crippen molar-refractivity contribution in [2.75, 3.05) is 32.6 Å². The van der Waals surface area contributed by atoms with Crippen LogP contribution in [0.1, 0.15) is 29.9 Å². The number of carboxylic acid groups (broad SMARTS) is 1. The summed E-state index contributed by atoms with van der Waals surface area (Å²) in [7, 11) is -3.45. The van der Waals surface area contributed by atoms with Gasteiger partial charge in [0.2, 0.25) is 0 Å². The molecule has 0 spiro atoms. The van der Waals surface area contributed by atoms with Gasteiger partial charge < -0.3 is 19.5 Å². The Bertz CT molecular complexity index is 1280. The van der Waals surface area contributed by atoms with Crippen molar-refractivity contribution >= 4 is 27.1 Å². The summed E-state index contributed by atoms with van der Waals surface area (Å²) in [4.78, 5) is 17.4. The van der Waals surface area contributed by atoms with Crippen LogP contribution in [0.3, 0.4) is 0 Å². The maximum Gasteiger partial charge on any atom is 0.407 e. The van der Waals surface area contributed by atoms with Gasteiger partial charge in [0.15, 0.2) is 0 Å². The van der Waals surface area contributed by atoms with Crippen LogP contribution in [-0.2, 0) is 25.6 Å². The summed E-state index contributed by atoms with van der Waals surface area (Å²) in [6.45, 7) is 1.50. The topological polar surface area (TPSA) is 115 Å². The second kappa shape index (κ2) is 11.7. The zero-order chi connectivity index (χ0) is 25.5. The first-order valence-corrected chi connectivity index (χ1v) is 13.6. The lowest BCUT2D eigenvalue weighted by molar-refractivity contribution is -0.0199. The Morgan fingerprint density at radius 1 is 1.14 bits per heavy atom. The highest BCUT2D eigenvalue weighted by Crippen LogP contribution is 2.32. The van der Waals surface area contributed by atoms with Crippen LogP contribution < -0.4 is 4.74 Å². The lowest BCUT2D eigenvalue weighted by Crippen LogP contribution is -2.46. The molecule has 0 radical (unpaired) electrons. The van der Waals surface area contributed by atoms with Crippen LogP contribution in [0.2, 0.25) is 0 Å². The molecule has 3 aromatic rings. The van der Waals surface area contributed by atoms with E-state index in [9.17, 15) is 18.3 Å². The fraction of sp³-hybridized carbons (Fsp3) is 0.385. The molecule has 10 heteroatoms. The third kappa shape index (κ3) is 7.16. The predicted octanol–water partition coefficient (Wildman–Crippen LogP) is 4.03. The maximum absolute atomic E-state index is 11.6. The van der Waals surface area contributed by atoms with Gasteiger partial charge in [-0.1, -0.05) is 30.3 Å². The smallest absolute Gasteiger partial charge is 0.407 e. The highest BCUT2D eigenvalue weighted by Gasteiger charge is 2.33. The summed E-state index contributed by atoms with van der Waals surface area (Å²) in [5.41, 5.74) is 2.93. The fourth-order valence-electron chi connectivity index (χ4n) is 4.32. The van der Waals surface area contributed by atoms with Gasteiger partial charge in [-0.15, -0.1) is 0 Å². The number of ether oxygens (including phenoxy) is 2. The Labute approximate surface area is 210 Å². The van der Waals surface area contributed by atoms with Crippen LogP contribution in [0.5, 0.6) is 5.75 Å². The molecule has 9 nitrogen and oxygen atoms in total. The zero-order valence-corrected chi connectivity index (χ0v) is 20.9. The van der Waals surface area contributed by atoms with Gasteiger partial charge in [0.25, 0.3) is 10.1 Å². The Balaban J connectivity index is 1.38. The van der Waals surface area contributed by atoms with Gasteiger partial charge in [0.05, 0.1) is 44.2 Å². The van der Waals surface area contributed by atoms with Crippen molar-refractivity contribution < 1.29 is 32.0 Å². The minimum absolute atomic E-state index is 0.0383. The van der Waals surface area contributed by atoms with Crippen LogP contribution in [0.4, 0.5) is 4.79 Å². The first-order valence-electron chi connectivity index (χ1n) is 11.8. The molecule has 2 atom stereocenters. The molecule has 0 bridgehead atoms. The van der Waals surface area contributed by atoms with Gasteiger partial charge >= 0.3 is 6.09 Å². The van der Waals surface area contributed by atoms with E-state index in [0.29, 0.717) is 44.9 Å². The molecule has 0 aliphatic carbocycles. The highest BCUT2D eigenvalue weighted by atomic mass is 32.2. The van der Waals surface area contributed by atoms with Gasteiger partial charge in [-0.3, -0.25) is 9.17 Å². The summed E-state index contributed by atoms with van der Waals surface area (Å²) in [6, 6.07) is 17.6. The number of hydrogen-bond donors (Lipinski definition) is 1. The van der Waals surface area contributed by atoms with E-state index >= 15 is 0 Å². The lowest BCUT2D eigenvalue weighted by atomic mass is 9.87. The van der Waals surface area contributed by atoms with Gasteiger partial charge in [-0.2, -0.15) is 8.42 Å². The summed E-state index contributed by atoms with van der Waals surface area (Å²) >= 11 is 0. The Hall–Kier alpha value is -3.21. The number of benzene rings is 2. The zero-order valence-electron chi connectivity index (χ0n) is 20.1. The molecule has 1 aliphatic heterocycles. The molecular weight excluding hydrogens is 484 g/mol. The minimum atomic E-state index is -3.45. The molecule has 1 amide bonds. The minimum Gasteiger partial charge on any atom is -0.494 e. The van der Waals surface area contributed by atoms with Crippen LogP contribution in [0.15, 0.2) is 60.8 Å². The van der Waals surface area contributed by atoms with E-state index in [0.717, 1.165) is 28.3 Å². The van der Waals surface area contributed by atoms with Crippen molar-refractivity contribution in [2.24, 2.45) is 0 Å². The molecule has 1 N–H and O–H groups in total. The van der Waals surface area contributed by atoms with E-state index in [1.807, 2.05) is 54.6 Å². The number of likely N-dealkylation sites (tertiary alicyclic amines) is 1. The standard InChI is InChI=1S/C26H30N2O7S/c1-36(31,32)35-15-3-14-33-22-9-7-20(8-10-22)23-11-13-28(26(29)30)17-25(23)34-18-19-5-6-21-4-2-12-27-24(21)16-19/h2,4-10,12,16,23,25H,3,11,13-15,17-18H2,1H3,(H,29,30)/t23-,25+/m1/s1. The van der Waals surface area contributed by atoms with Crippen molar-refractivity contribution in [3.8, 4) is 5.75 Å². The van der Waals surface area contributed by atoms with Crippen molar-refractivity contribution in [3.05, 3.63) is 71.9 Å². The van der Waals surface area contributed by atoms with Crippen LogP contribution in [0, 0.1) is 0 Å². The van der Waals surface area contributed by atoms with Gasteiger partial charge in [-0.05, 0) is 41.8 Å². The second-order valence-electron chi connectivity index (χ2n) is 8.80. The SMILES string of the molecule is CS(=O)(=O)OCCCOc1ccc([C@H]2CCN(C(=O)O)C[C@@H]2OCc2ccc3cccnc3c2)cc1. The van der Waals surface area contributed by atoms with Crippen LogP contribution in [0.25, 0.3) is 10.9 Å². The molecule has 0 saturated carbocycles. The molecule has 1 fully saturated rings. The fourth-order valence-corrected chi connectivity index (χ4v) is 4.74. The van der Waals surface area contributed by atoms with E-state index in [1.54, 1.807) is 6.20 Å². The number of rotatable bonds is 10. The number of hydrogen-bond acceptors (Lipinski definition) is 7. The summed E-state index contributed by atoms with van der Waals surface area (Å²) in [5, 5.41) is 10.6. The maximum atomic E-state index is 11.6. The number of pyridine rings is 1. The molecule has 36 heavy (non-hydrogen) atoms. The largest absolute Gasteiger partial charge is 0.494 e. The van der Waals surface area contributed by atoms with Crippen molar-refractivity contribution in [3.63, 3.8) is 0 Å². The van der Waals surface area contributed by atoms with E-state index in [1.165, 1.54) is 4.90 Å². The second-order valence-corrected chi connectivity index (χ2v) is 10.4.